The second-order valence-electron chi connectivity index (χ2n) is 5.94. The first-order valence-electron chi connectivity index (χ1n) is 6.44. The molecule has 0 fully saturated rings. The summed E-state index contributed by atoms with van der Waals surface area (Å²) in [6, 6.07) is 8.23. The van der Waals surface area contributed by atoms with E-state index in [9.17, 15) is 5.11 Å². The molecule has 0 saturated carbocycles. The van der Waals surface area contributed by atoms with Crippen LogP contribution in [-0.4, -0.2) is 14.7 Å². The van der Waals surface area contributed by atoms with E-state index in [1.165, 1.54) is 17.1 Å². The summed E-state index contributed by atoms with van der Waals surface area (Å²) in [5.74, 6) is 0. The lowest BCUT2D eigenvalue weighted by atomic mass is 9.89. The van der Waals surface area contributed by atoms with Crippen LogP contribution in [0.5, 0.6) is 0 Å². The van der Waals surface area contributed by atoms with Gasteiger partial charge in [0.15, 0.2) is 0 Å². The predicted octanol–water partition coefficient (Wildman–Crippen LogP) is 3.42. The Balaban J connectivity index is 2.21. The summed E-state index contributed by atoms with van der Waals surface area (Å²) in [7, 11) is 0. The molecule has 4 heteroatoms. The van der Waals surface area contributed by atoms with Crippen molar-refractivity contribution in [3.05, 3.63) is 46.0 Å². The number of benzene rings is 1. The molecular weight excluding hydrogens is 256 g/mol. The molecule has 0 spiro atoms. The van der Waals surface area contributed by atoms with Crippen molar-refractivity contribution in [2.75, 3.05) is 0 Å². The van der Waals surface area contributed by atoms with E-state index in [4.69, 9.17) is 0 Å². The zero-order chi connectivity index (χ0) is 14.0. The average Bonchev–Trinajstić information content (AvgIpc) is 2.77. The second-order valence-corrected chi connectivity index (χ2v) is 6.73. The van der Waals surface area contributed by atoms with Crippen LogP contribution in [0.1, 0.15) is 48.6 Å². The second kappa shape index (κ2) is 5.39. The van der Waals surface area contributed by atoms with E-state index < -0.39 is 6.10 Å². The Labute approximate surface area is 118 Å². The predicted molar refractivity (Wildman–Crippen MR) is 78.5 cm³/mol. The van der Waals surface area contributed by atoms with Crippen LogP contribution in [0.4, 0.5) is 0 Å². The van der Waals surface area contributed by atoms with E-state index in [0.717, 1.165) is 16.1 Å². The van der Waals surface area contributed by atoms with Gasteiger partial charge in [0.25, 0.3) is 0 Å². The van der Waals surface area contributed by atoms with Crippen molar-refractivity contribution in [3.63, 3.8) is 0 Å². The fourth-order valence-electron chi connectivity index (χ4n) is 2.09. The maximum Gasteiger partial charge on any atom is 0.0957 e. The summed E-state index contributed by atoms with van der Waals surface area (Å²) in [6.07, 6.45) is 0.0743. The van der Waals surface area contributed by atoms with Gasteiger partial charge < -0.3 is 5.11 Å². The number of rotatable bonds is 3. The average molecular weight is 276 g/mol. The van der Waals surface area contributed by atoms with E-state index >= 15 is 0 Å². The summed E-state index contributed by atoms with van der Waals surface area (Å²) in [4.78, 5) is 0.883. The first-order chi connectivity index (χ1) is 8.88. The first kappa shape index (κ1) is 14.2. The third-order valence-electron chi connectivity index (χ3n) is 3.04. The van der Waals surface area contributed by atoms with Crippen LogP contribution >= 0.6 is 11.5 Å². The monoisotopic (exact) mass is 276 g/mol. The van der Waals surface area contributed by atoms with Gasteiger partial charge in [-0.1, -0.05) is 55.1 Å². The Morgan fingerprint density at radius 1 is 1.32 bits per heavy atom. The van der Waals surface area contributed by atoms with Gasteiger partial charge in [-0.15, -0.1) is 5.10 Å². The first-order valence-corrected chi connectivity index (χ1v) is 7.21. The van der Waals surface area contributed by atoms with Gasteiger partial charge >= 0.3 is 0 Å². The summed E-state index contributed by atoms with van der Waals surface area (Å²) in [5.41, 5.74) is 3.16. The van der Waals surface area contributed by atoms with E-state index in [1.54, 1.807) is 0 Å². The molecule has 1 aromatic carbocycles. The maximum atomic E-state index is 10.4. The molecule has 0 radical (unpaired) electrons. The summed E-state index contributed by atoms with van der Waals surface area (Å²) < 4.78 is 4.00. The summed E-state index contributed by atoms with van der Waals surface area (Å²) in [6.45, 7) is 8.33. The molecule has 2 rings (SSSR count). The van der Waals surface area contributed by atoms with E-state index in [2.05, 4.69) is 49.4 Å². The normalized spacial score (nSPS) is 13.5. The molecule has 1 atom stereocenters. The number of hydrogen-bond donors (Lipinski definition) is 1. The molecule has 0 bridgehead atoms. The number of hydrogen-bond acceptors (Lipinski definition) is 4. The van der Waals surface area contributed by atoms with Crippen LogP contribution in [-0.2, 0) is 11.8 Å². The topological polar surface area (TPSA) is 46.0 Å². The fourth-order valence-corrected chi connectivity index (χ4v) is 2.94. The lowest BCUT2D eigenvalue weighted by Crippen LogP contribution is -2.16. The minimum absolute atomic E-state index is 0.0874. The van der Waals surface area contributed by atoms with Crippen LogP contribution in [0.3, 0.4) is 0 Å². The molecule has 19 heavy (non-hydrogen) atoms. The molecule has 0 saturated heterocycles. The molecule has 0 aliphatic rings. The molecule has 0 aliphatic carbocycles. The third-order valence-corrected chi connectivity index (χ3v) is 3.86. The Morgan fingerprint density at radius 3 is 2.68 bits per heavy atom. The van der Waals surface area contributed by atoms with Crippen molar-refractivity contribution >= 4 is 11.5 Å². The fraction of sp³-hybridized carbons (Fsp3) is 0.467. The molecule has 1 N–H and O–H groups in total. The number of aromatic nitrogens is 2. The molecule has 0 aliphatic heterocycles. The Bertz CT molecular complexity index is 557. The van der Waals surface area contributed by atoms with Crippen molar-refractivity contribution in [1.29, 1.82) is 0 Å². The molecule has 0 amide bonds. The highest BCUT2D eigenvalue weighted by Gasteiger charge is 2.26. The van der Waals surface area contributed by atoms with Gasteiger partial charge in [-0.05, 0) is 24.0 Å². The van der Waals surface area contributed by atoms with Gasteiger partial charge in [-0.2, -0.15) is 0 Å². The van der Waals surface area contributed by atoms with Gasteiger partial charge in [-0.25, -0.2) is 0 Å². The zero-order valence-electron chi connectivity index (χ0n) is 11.8. The summed E-state index contributed by atoms with van der Waals surface area (Å²) in [5, 5.41) is 14.6. The number of nitrogens with zero attached hydrogens (tertiary/aromatic N) is 2. The summed E-state index contributed by atoms with van der Waals surface area (Å²) >= 11 is 1.30. The van der Waals surface area contributed by atoms with Crippen LogP contribution < -0.4 is 0 Å². The zero-order valence-corrected chi connectivity index (χ0v) is 12.7. The van der Waals surface area contributed by atoms with Gasteiger partial charge in [-0.3, -0.25) is 0 Å². The van der Waals surface area contributed by atoms with Crippen molar-refractivity contribution in [2.24, 2.45) is 0 Å². The van der Waals surface area contributed by atoms with Crippen LogP contribution in [0.2, 0.25) is 0 Å². The van der Waals surface area contributed by atoms with Crippen molar-refractivity contribution in [2.45, 2.75) is 45.6 Å². The highest BCUT2D eigenvalue weighted by Crippen LogP contribution is 2.31. The number of aliphatic hydroxyl groups excluding tert-OH is 1. The van der Waals surface area contributed by atoms with Gasteiger partial charge in [0, 0.05) is 11.8 Å². The van der Waals surface area contributed by atoms with Crippen LogP contribution in [0.15, 0.2) is 24.3 Å². The Morgan fingerprint density at radius 2 is 2.05 bits per heavy atom. The van der Waals surface area contributed by atoms with Crippen molar-refractivity contribution in [1.82, 2.24) is 9.59 Å². The largest absolute Gasteiger partial charge is 0.387 e. The third kappa shape index (κ3) is 3.39. The molecule has 102 valence electrons. The smallest absolute Gasteiger partial charge is 0.0957 e. The van der Waals surface area contributed by atoms with Crippen LogP contribution in [0, 0.1) is 6.92 Å². The van der Waals surface area contributed by atoms with Crippen molar-refractivity contribution < 1.29 is 5.11 Å². The molecule has 1 heterocycles. The molecule has 2 aromatic rings. The van der Waals surface area contributed by atoms with E-state index in [1.807, 2.05) is 12.1 Å². The molecule has 1 unspecified atom stereocenters. The molecule has 1 aromatic heterocycles. The minimum atomic E-state index is -0.531. The maximum absolute atomic E-state index is 10.4. The van der Waals surface area contributed by atoms with E-state index in [-0.39, 0.29) is 5.41 Å². The highest BCUT2D eigenvalue weighted by molar-refractivity contribution is 7.05. The Kier molecular flexibility index (Phi) is 4.02. The number of aliphatic hydroxyl groups is 1. The molecular formula is C15H20N2OS. The molecule has 3 nitrogen and oxygen atoms in total. The Hall–Kier alpha value is -1.26. The van der Waals surface area contributed by atoms with Crippen molar-refractivity contribution in [3.8, 4) is 0 Å². The van der Waals surface area contributed by atoms with Crippen LogP contribution in [0.25, 0.3) is 0 Å². The van der Waals surface area contributed by atoms with Gasteiger partial charge in [0.1, 0.15) is 0 Å². The van der Waals surface area contributed by atoms with E-state index in [0.29, 0.717) is 6.42 Å². The highest BCUT2D eigenvalue weighted by atomic mass is 32.1. The number of aryl methyl sites for hydroxylation is 1. The standard InChI is InChI=1S/C15H20N2OS/c1-10-6-5-7-11(8-10)9-12(18)13-14(15(2,3)4)16-17-19-13/h5-8,12,18H,9H2,1-4H3. The lowest BCUT2D eigenvalue weighted by molar-refractivity contribution is 0.179. The van der Waals surface area contributed by atoms with Gasteiger partial charge in [0.05, 0.1) is 16.7 Å². The lowest BCUT2D eigenvalue weighted by Gasteiger charge is -2.19. The quantitative estimate of drug-likeness (QED) is 0.934. The minimum Gasteiger partial charge on any atom is -0.387 e. The SMILES string of the molecule is Cc1cccc(CC(O)c2snnc2C(C)(C)C)c1. The van der Waals surface area contributed by atoms with Gasteiger partial charge in [0.2, 0.25) is 0 Å².